The molecule has 3 heterocycles. The molecule has 5 nitrogen and oxygen atoms in total. The zero-order valence-electron chi connectivity index (χ0n) is 12.3. The molecule has 2 aliphatic heterocycles. The first-order chi connectivity index (χ1) is 9.52. The summed E-state index contributed by atoms with van der Waals surface area (Å²) in [5, 5.41) is 0. The zero-order chi connectivity index (χ0) is 14.3. The van der Waals surface area contributed by atoms with Crippen LogP contribution in [0.2, 0.25) is 0 Å². The molecule has 1 aromatic rings. The number of nitrogens with zero attached hydrogens (tertiary/aromatic N) is 3. The van der Waals surface area contributed by atoms with E-state index in [1.165, 1.54) is 0 Å². The monoisotopic (exact) mass is 275 g/mol. The maximum Gasteiger partial charge on any atom is 0.220 e. The molecule has 3 rings (SSSR count). The van der Waals surface area contributed by atoms with Crippen LogP contribution >= 0.6 is 0 Å². The first kappa shape index (κ1) is 13.4. The van der Waals surface area contributed by atoms with E-state index in [0.29, 0.717) is 25.0 Å². The molecular formula is C15H21N3O2. The van der Waals surface area contributed by atoms with E-state index in [1.807, 2.05) is 12.1 Å². The van der Waals surface area contributed by atoms with Crippen LogP contribution in [0.25, 0.3) is 0 Å². The standard InChI is InChI=1S/C15H21N3O2/c1-10-6-13(8-17(10)3)20-15-5-4-12-7-18(11(2)19)9-14(12)16-15/h4-5,10,13H,6-9H2,1-3H3/t10-,13+/m0/s1. The molecule has 0 spiro atoms. The third-order valence-corrected chi connectivity index (χ3v) is 4.33. The second kappa shape index (κ2) is 5.05. The topological polar surface area (TPSA) is 45.7 Å². The van der Waals surface area contributed by atoms with Crippen LogP contribution in [0.4, 0.5) is 0 Å². The summed E-state index contributed by atoms with van der Waals surface area (Å²) in [7, 11) is 2.12. The Morgan fingerprint density at radius 1 is 1.40 bits per heavy atom. The fourth-order valence-corrected chi connectivity index (χ4v) is 2.91. The minimum absolute atomic E-state index is 0.0942. The summed E-state index contributed by atoms with van der Waals surface area (Å²) in [5.74, 6) is 0.776. The summed E-state index contributed by atoms with van der Waals surface area (Å²) in [6.45, 7) is 6.02. The van der Waals surface area contributed by atoms with Crippen molar-refractivity contribution in [3.05, 3.63) is 23.4 Å². The van der Waals surface area contributed by atoms with Crippen molar-refractivity contribution in [1.82, 2.24) is 14.8 Å². The van der Waals surface area contributed by atoms with Gasteiger partial charge in [-0.1, -0.05) is 0 Å². The molecule has 2 atom stereocenters. The van der Waals surface area contributed by atoms with Crippen LogP contribution in [0.15, 0.2) is 12.1 Å². The Morgan fingerprint density at radius 3 is 2.85 bits per heavy atom. The summed E-state index contributed by atoms with van der Waals surface area (Å²) < 4.78 is 5.98. The van der Waals surface area contributed by atoms with Gasteiger partial charge in [-0.2, -0.15) is 0 Å². The number of ether oxygens (including phenoxy) is 1. The molecule has 0 radical (unpaired) electrons. The molecule has 0 aromatic carbocycles. The van der Waals surface area contributed by atoms with Gasteiger partial charge in [0.05, 0.1) is 12.2 Å². The smallest absolute Gasteiger partial charge is 0.220 e. The molecular weight excluding hydrogens is 254 g/mol. The van der Waals surface area contributed by atoms with E-state index >= 15 is 0 Å². The number of hydrogen-bond donors (Lipinski definition) is 0. The highest BCUT2D eigenvalue weighted by atomic mass is 16.5. The average Bonchev–Trinajstić information content (AvgIpc) is 2.93. The third-order valence-electron chi connectivity index (χ3n) is 4.33. The molecule has 5 heteroatoms. The largest absolute Gasteiger partial charge is 0.473 e. The van der Waals surface area contributed by atoms with Crippen LogP contribution in [0.5, 0.6) is 5.88 Å². The van der Waals surface area contributed by atoms with Crippen molar-refractivity contribution in [3.8, 4) is 5.88 Å². The maximum absolute atomic E-state index is 11.4. The summed E-state index contributed by atoms with van der Waals surface area (Å²) >= 11 is 0. The number of carbonyl (C=O) groups excluding carboxylic acids is 1. The van der Waals surface area contributed by atoms with E-state index in [-0.39, 0.29) is 12.0 Å². The van der Waals surface area contributed by atoms with Gasteiger partial charge in [-0.25, -0.2) is 4.98 Å². The van der Waals surface area contributed by atoms with Gasteiger partial charge < -0.3 is 9.64 Å². The lowest BCUT2D eigenvalue weighted by molar-refractivity contribution is -0.129. The number of likely N-dealkylation sites (tertiary alicyclic amines) is 1. The molecule has 1 saturated heterocycles. The highest BCUT2D eigenvalue weighted by molar-refractivity contribution is 5.73. The quantitative estimate of drug-likeness (QED) is 0.819. The first-order valence-corrected chi connectivity index (χ1v) is 7.14. The van der Waals surface area contributed by atoms with Gasteiger partial charge in [-0.05, 0) is 25.6 Å². The summed E-state index contributed by atoms with van der Waals surface area (Å²) in [5.41, 5.74) is 2.10. The number of hydrogen-bond acceptors (Lipinski definition) is 4. The van der Waals surface area contributed by atoms with E-state index < -0.39 is 0 Å². The van der Waals surface area contributed by atoms with E-state index in [4.69, 9.17) is 4.74 Å². The Kier molecular flexibility index (Phi) is 3.38. The minimum Gasteiger partial charge on any atom is -0.473 e. The van der Waals surface area contributed by atoms with Gasteiger partial charge in [0.2, 0.25) is 11.8 Å². The van der Waals surface area contributed by atoms with Gasteiger partial charge >= 0.3 is 0 Å². The Labute approximate surface area is 119 Å². The maximum atomic E-state index is 11.4. The van der Waals surface area contributed by atoms with Crippen molar-refractivity contribution in [3.63, 3.8) is 0 Å². The summed E-state index contributed by atoms with van der Waals surface area (Å²) in [6, 6.07) is 4.51. The van der Waals surface area contributed by atoms with Gasteiger partial charge in [0.15, 0.2) is 0 Å². The SMILES string of the molecule is CC(=O)N1Cc2ccc(O[C@@H]3C[C@H](C)N(C)C3)nc2C1. The van der Waals surface area contributed by atoms with Gasteiger partial charge in [-0.15, -0.1) is 0 Å². The lowest BCUT2D eigenvalue weighted by atomic mass is 10.2. The van der Waals surface area contributed by atoms with Gasteiger partial charge in [0.1, 0.15) is 6.10 Å². The van der Waals surface area contributed by atoms with Crippen LogP contribution in [-0.4, -0.2) is 46.4 Å². The zero-order valence-corrected chi connectivity index (χ0v) is 12.3. The van der Waals surface area contributed by atoms with Crippen LogP contribution in [0.1, 0.15) is 31.5 Å². The Morgan fingerprint density at radius 2 is 2.20 bits per heavy atom. The molecule has 1 aromatic heterocycles. The van der Waals surface area contributed by atoms with E-state index in [1.54, 1.807) is 11.8 Å². The molecule has 20 heavy (non-hydrogen) atoms. The van der Waals surface area contributed by atoms with E-state index in [9.17, 15) is 4.79 Å². The molecule has 0 aliphatic carbocycles. The van der Waals surface area contributed by atoms with Gasteiger partial charge in [0.25, 0.3) is 0 Å². The number of aromatic nitrogens is 1. The number of likely N-dealkylation sites (N-methyl/N-ethyl adjacent to an activating group) is 1. The molecule has 2 aliphatic rings. The van der Waals surface area contributed by atoms with Crippen molar-refractivity contribution in [1.29, 1.82) is 0 Å². The molecule has 0 saturated carbocycles. The molecule has 0 N–H and O–H groups in total. The highest BCUT2D eigenvalue weighted by Crippen LogP contribution is 2.25. The van der Waals surface area contributed by atoms with Crippen molar-refractivity contribution in [2.45, 2.75) is 45.5 Å². The van der Waals surface area contributed by atoms with E-state index in [0.717, 1.165) is 24.2 Å². The summed E-state index contributed by atoms with van der Waals surface area (Å²) in [4.78, 5) is 20.1. The second-order valence-electron chi connectivity index (χ2n) is 5.89. The lowest BCUT2D eigenvalue weighted by Crippen LogP contribution is -2.24. The molecule has 108 valence electrons. The first-order valence-electron chi connectivity index (χ1n) is 7.14. The molecule has 1 fully saturated rings. The Bertz CT molecular complexity index is 522. The van der Waals surface area contributed by atoms with E-state index in [2.05, 4.69) is 23.9 Å². The van der Waals surface area contributed by atoms with Crippen LogP contribution in [-0.2, 0) is 17.9 Å². The lowest BCUT2D eigenvalue weighted by Gasteiger charge is -2.13. The van der Waals surface area contributed by atoms with Crippen molar-refractivity contribution in [2.24, 2.45) is 0 Å². The van der Waals surface area contributed by atoms with Gasteiger partial charge in [-0.3, -0.25) is 9.69 Å². The second-order valence-corrected chi connectivity index (χ2v) is 5.89. The van der Waals surface area contributed by atoms with Crippen molar-refractivity contribution in [2.75, 3.05) is 13.6 Å². The van der Waals surface area contributed by atoms with Gasteiger partial charge in [0, 0.05) is 38.5 Å². The molecule has 0 unspecified atom stereocenters. The number of rotatable bonds is 2. The predicted molar refractivity (Wildman–Crippen MR) is 75.3 cm³/mol. The molecule has 0 bridgehead atoms. The van der Waals surface area contributed by atoms with Crippen molar-refractivity contribution >= 4 is 5.91 Å². The highest BCUT2D eigenvalue weighted by Gasteiger charge is 2.28. The van der Waals surface area contributed by atoms with Crippen LogP contribution in [0, 0.1) is 0 Å². The third kappa shape index (κ3) is 2.50. The summed E-state index contributed by atoms with van der Waals surface area (Å²) in [6.07, 6.45) is 1.25. The fourth-order valence-electron chi connectivity index (χ4n) is 2.91. The number of amides is 1. The normalized spacial score (nSPS) is 25.9. The minimum atomic E-state index is 0.0942. The predicted octanol–water partition coefficient (Wildman–Crippen LogP) is 1.42. The number of carbonyl (C=O) groups is 1. The van der Waals surface area contributed by atoms with Crippen molar-refractivity contribution < 1.29 is 9.53 Å². The number of fused-ring (bicyclic) bond motifs is 1. The molecule has 1 amide bonds. The fraction of sp³-hybridized carbons (Fsp3) is 0.600. The average molecular weight is 275 g/mol. The number of pyridine rings is 1. The van der Waals surface area contributed by atoms with Crippen LogP contribution in [0.3, 0.4) is 0 Å². The Hall–Kier alpha value is -1.62. The Balaban J connectivity index is 1.69. The van der Waals surface area contributed by atoms with Crippen LogP contribution < -0.4 is 4.74 Å².